The van der Waals surface area contributed by atoms with Crippen LogP contribution in [0.4, 0.5) is 5.69 Å². The molecule has 0 aliphatic heterocycles. The molecule has 0 amide bonds. The van der Waals surface area contributed by atoms with E-state index in [2.05, 4.69) is 20.6 Å². The van der Waals surface area contributed by atoms with Gasteiger partial charge in [-0.3, -0.25) is 0 Å². The summed E-state index contributed by atoms with van der Waals surface area (Å²) in [5.41, 5.74) is 1.76. The zero-order chi connectivity index (χ0) is 16.3. The molecule has 0 fully saturated rings. The maximum absolute atomic E-state index is 9.79. The standard InChI is InChI=1S/C15H22ClN5O/c1-10(2)18-12-7-14(16)17-8-13(12)21-9-11(19-20-21)5-6-15(3,4)22/h7-10,22H,5-6H2,1-4H3,(H,17,18). The highest BCUT2D eigenvalue weighted by molar-refractivity contribution is 6.29. The molecule has 0 atom stereocenters. The quantitative estimate of drug-likeness (QED) is 0.799. The summed E-state index contributed by atoms with van der Waals surface area (Å²) in [5, 5.41) is 21.8. The second-order valence-corrected chi connectivity index (χ2v) is 6.68. The van der Waals surface area contributed by atoms with E-state index in [-0.39, 0.29) is 6.04 Å². The van der Waals surface area contributed by atoms with Crippen LogP contribution >= 0.6 is 11.6 Å². The Balaban J connectivity index is 2.23. The van der Waals surface area contributed by atoms with Gasteiger partial charge in [0.1, 0.15) is 10.8 Å². The Bertz CT molecular complexity index is 633. The molecule has 7 heteroatoms. The fourth-order valence-electron chi connectivity index (χ4n) is 2.00. The normalized spacial score (nSPS) is 12.0. The van der Waals surface area contributed by atoms with E-state index in [0.29, 0.717) is 18.0 Å². The lowest BCUT2D eigenvalue weighted by Crippen LogP contribution is -2.19. The number of nitrogens with one attached hydrogen (secondary N) is 1. The number of halogens is 1. The van der Waals surface area contributed by atoms with Gasteiger partial charge in [-0.15, -0.1) is 5.10 Å². The number of nitrogens with zero attached hydrogens (tertiary/aromatic N) is 4. The number of hydrogen-bond donors (Lipinski definition) is 2. The largest absolute Gasteiger partial charge is 0.390 e. The van der Waals surface area contributed by atoms with Gasteiger partial charge in [-0.05, 0) is 40.5 Å². The van der Waals surface area contributed by atoms with Crippen LogP contribution in [-0.2, 0) is 6.42 Å². The van der Waals surface area contributed by atoms with E-state index in [0.717, 1.165) is 17.1 Å². The van der Waals surface area contributed by atoms with Gasteiger partial charge in [-0.1, -0.05) is 16.8 Å². The third-order valence-corrected chi connectivity index (χ3v) is 3.28. The monoisotopic (exact) mass is 323 g/mol. The Morgan fingerprint density at radius 1 is 1.41 bits per heavy atom. The molecule has 2 aromatic rings. The van der Waals surface area contributed by atoms with Crippen molar-refractivity contribution in [3.05, 3.63) is 29.3 Å². The van der Waals surface area contributed by atoms with Gasteiger partial charge < -0.3 is 10.4 Å². The summed E-state index contributed by atoms with van der Waals surface area (Å²) in [6, 6.07) is 2.03. The smallest absolute Gasteiger partial charge is 0.131 e. The van der Waals surface area contributed by atoms with Gasteiger partial charge in [0, 0.05) is 12.1 Å². The van der Waals surface area contributed by atoms with E-state index < -0.39 is 5.60 Å². The predicted molar refractivity (Wildman–Crippen MR) is 87.5 cm³/mol. The molecule has 6 nitrogen and oxygen atoms in total. The van der Waals surface area contributed by atoms with Crippen LogP contribution in [0.3, 0.4) is 0 Å². The molecule has 2 rings (SSSR count). The first-order chi connectivity index (χ1) is 10.2. The van der Waals surface area contributed by atoms with Gasteiger partial charge in [0.2, 0.25) is 0 Å². The number of rotatable bonds is 6. The van der Waals surface area contributed by atoms with Crippen LogP contribution in [0.2, 0.25) is 5.15 Å². The van der Waals surface area contributed by atoms with E-state index in [1.54, 1.807) is 30.8 Å². The van der Waals surface area contributed by atoms with Crippen molar-refractivity contribution in [1.82, 2.24) is 20.0 Å². The lowest BCUT2D eigenvalue weighted by atomic mass is 10.0. The van der Waals surface area contributed by atoms with Gasteiger partial charge in [0.15, 0.2) is 0 Å². The Kier molecular flexibility index (Phi) is 5.03. The summed E-state index contributed by atoms with van der Waals surface area (Å²) in [6.07, 6.45) is 4.81. The first-order valence-electron chi connectivity index (χ1n) is 7.30. The van der Waals surface area contributed by atoms with E-state index in [1.165, 1.54) is 0 Å². The topological polar surface area (TPSA) is 75.9 Å². The molecule has 2 heterocycles. The Morgan fingerprint density at radius 3 is 2.77 bits per heavy atom. The molecular weight excluding hydrogens is 302 g/mol. The fourth-order valence-corrected chi connectivity index (χ4v) is 2.15. The number of anilines is 1. The lowest BCUT2D eigenvalue weighted by Gasteiger charge is -2.15. The molecule has 0 saturated carbocycles. The van der Waals surface area contributed by atoms with E-state index in [1.807, 2.05) is 20.0 Å². The molecule has 2 aromatic heterocycles. The molecule has 0 spiro atoms. The molecule has 0 aliphatic rings. The van der Waals surface area contributed by atoms with Gasteiger partial charge in [-0.25, -0.2) is 9.67 Å². The number of pyridine rings is 1. The summed E-state index contributed by atoms with van der Waals surface area (Å²) in [7, 11) is 0. The van der Waals surface area contributed by atoms with Crippen molar-refractivity contribution >= 4 is 17.3 Å². The minimum absolute atomic E-state index is 0.260. The van der Waals surface area contributed by atoms with E-state index in [9.17, 15) is 5.11 Å². The highest BCUT2D eigenvalue weighted by Crippen LogP contribution is 2.23. The highest BCUT2D eigenvalue weighted by Gasteiger charge is 2.15. The first kappa shape index (κ1) is 16.7. The molecule has 120 valence electrons. The molecule has 0 unspecified atom stereocenters. The van der Waals surface area contributed by atoms with Crippen molar-refractivity contribution in [3.63, 3.8) is 0 Å². The summed E-state index contributed by atoms with van der Waals surface area (Å²) >= 11 is 5.97. The lowest BCUT2D eigenvalue weighted by molar-refractivity contribution is 0.0711. The number of aryl methyl sites for hydroxylation is 1. The maximum atomic E-state index is 9.79. The van der Waals surface area contributed by atoms with Crippen molar-refractivity contribution in [2.45, 2.75) is 52.2 Å². The van der Waals surface area contributed by atoms with Crippen LogP contribution in [0, 0.1) is 0 Å². The number of aromatic nitrogens is 4. The summed E-state index contributed by atoms with van der Waals surface area (Å²) < 4.78 is 1.67. The van der Waals surface area contributed by atoms with Gasteiger partial charge in [0.05, 0.1) is 29.4 Å². The summed E-state index contributed by atoms with van der Waals surface area (Å²) in [6.45, 7) is 7.67. The molecule has 0 bridgehead atoms. The number of aliphatic hydroxyl groups is 1. The van der Waals surface area contributed by atoms with E-state index >= 15 is 0 Å². The van der Waals surface area contributed by atoms with Crippen molar-refractivity contribution in [3.8, 4) is 5.69 Å². The molecule has 0 aromatic carbocycles. The van der Waals surface area contributed by atoms with Crippen molar-refractivity contribution in [2.24, 2.45) is 0 Å². The average molecular weight is 324 g/mol. The van der Waals surface area contributed by atoms with Crippen LogP contribution in [0.5, 0.6) is 0 Å². The van der Waals surface area contributed by atoms with Crippen LogP contribution in [0.1, 0.15) is 39.8 Å². The maximum Gasteiger partial charge on any atom is 0.131 e. The van der Waals surface area contributed by atoms with Gasteiger partial charge in [0.25, 0.3) is 0 Å². The Hall–Kier alpha value is -1.66. The summed E-state index contributed by atoms with van der Waals surface area (Å²) in [5.74, 6) is 0. The molecule has 0 saturated heterocycles. The summed E-state index contributed by atoms with van der Waals surface area (Å²) in [4.78, 5) is 4.11. The second-order valence-electron chi connectivity index (χ2n) is 6.29. The number of hydrogen-bond acceptors (Lipinski definition) is 5. The minimum atomic E-state index is -0.712. The van der Waals surface area contributed by atoms with Crippen LogP contribution in [0.15, 0.2) is 18.5 Å². The van der Waals surface area contributed by atoms with Crippen LogP contribution in [-0.4, -0.2) is 36.7 Å². The fraction of sp³-hybridized carbons (Fsp3) is 0.533. The predicted octanol–water partition coefficient (Wildman–Crippen LogP) is 2.84. The minimum Gasteiger partial charge on any atom is -0.390 e. The van der Waals surface area contributed by atoms with E-state index in [4.69, 9.17) is 11.6 Å². The van der Waals surface area contributed by atoms with Crippen molar-refractivity contribution in [2.75, 3.05) is 5.32 Å². The van der Waals surface area contributed by atoms with Crippen molar-refractivity contribution in [1.29, 1.82) is 0 Å². The molecule has 0 radical (unpaired) electrons. The SMILES string of the molecule is CC(C)Nc1cc(Cl)ncc1-n1cc(CCC(C)(C)O)nn1. The third kappa shape index (κ3) is 4.68. The van der Waals surface area contributed by atoms with Crippen molar-refractivity contribution < 1.29 is 5.11 Å². The first-order valence-corrected chi connectivity index (χ1v) is 7.68. The van der Waals surface area contributed by atoms with Crippen LogP contribution in [0.25, 0.3) is 5.69 Å². The zero-order valence-corrected chi connectivity index (χ0v) is 14.1. The molecule has 0 aliphatic carbocycles. The molecule has 2 N–H and O–H groups in total. The molecular formula is C15H22ClN5O. The van der Waals surface area contributed by atoms with Gasteiger partial charge >= 0.3 is 0 Å². The van der Waals surface area contributed by atoms with Crippen LogP contribution < -0.4 is 5.32 Å². The van der Waals surface area contributed by atoms with Gasteiger partial charge in [-0.2, -0.15) is 0 Å². The average Bonchev–Trinajstić information content (AvgIpc) is 2.83. The molecule has 22 heavy (non-hydrogen) atoms. The zero-order valence-electron chi connectivity index (χ0n) is 13.3. The highest BCUT2D eigenvalue weighted by atomic mass is 35.5. The second kappa shape index (κ2) is 6.62. The Labute approximate surface area is 135 Å². The Morgan fingerprint density at radius 2 is 2.14 bits per heavy atom. The third-order valence-electron chi connectivity index (χ3n) is 3.07.